The Labute approximate surface area is 379 Å². The molecule has 4 saturated heterocycles. The van der Waals surface area contributed by atoms with Crippen molar-refractivity contribution < 1.29 is 37.5 Å². The second-order valence-corrected chi connectivity index (χ2v) is 17.9. The summed E-state index contributed by atoms with van der Waals surface area (Å²) in [6.07, 6.45) is 1.92. The topological polar surface area (TPSA) is 156 Å². The first-order valence-electron chi connectivity index (χ1n) is 22.6. The van der Waals surface area contributed by atoms with Crippen molar-refractivity contribution in [3.05, 3.63) is 136 Å². The Balaban J connectivity index is 0.704. The number of amides is 3. The van der Waals surface area contributed by atoms with Gasteiger partial charge in [-0.15, -0.1) is 0 Å². The monoisotopic (exact) mass is 901 g/mol. The van der Waals surface area contributed by atoms with Crippen molar-refractivity contribution in [3.63, 3.8) is 0 Å². The summed E-state index contributed by atoms with van der Waals surface area (Å²) in [5.74, 6) is -0.617. The highest BCUT2D eigenvalue weighted by Crippen LogP contribution is 2.42. The van der Waals surface area contributed by atoms with Gasteiger partial charge in [0.15, 0.2) is 5.82 Å². The summed E-state index contributed by atoms with van der Waals surface area (Å²) in [6.45, 7) is 4.49. The molecule has 0 radical (unpaired) electrons. The number of anilines is 4. The number of aromatic nitrogens is 3. The van der Waals surface area contributed by atoms with Crippen LogP contribution in [-0.4, -0.2) is 86.4 Å². The number of imide groups is 1. The van der Waals surface area contributed by atoms with Gasteiger partial charge in [0.05, 0.1) is 18.2 Å². The molecule has 0 spiro atoms. The number of carbonyl (C=O) groups is 3. The maximum absolute atomic E-state index is 14.1. The summed E-state index contributed by atoms with van der Waals surface area (Å²) in [5.41, 5.74) is 4.40. The number of benzene rings is 3. The number of nitrogens with zero attached hydrogens (tertiary/aromatic N) is 7. The fourth-order valence-electron chi connectivity index (χ4n) is 10.1. The molecule has 342 valence electrons. The number of pyridine rings is 1. The van der Waals surface area contributed by atoms with Crippen LogP contribution >= 0.6 is 0 Å². The van der Waals surface area contributed by atoms with Gasteiger partial charge in [0, 0.05) is 75.8 Å². The molecule has 1 unspecified atom stereocenters. The van der Waals surface area contributed by atoms with Gasteiger partial charge < -0.3 is 20.2 Å². The molecule has 5 aromatic rings. The van der Waals surface area contributed by atoms with Crippen molar-refractivity contribution in [3.8, 4) is 0 Å². The first kappa shape index (κ1) is 43.5. The number of hydroxylamine groups is 1. The Bertz CT molecular complexity index is 2600. The van der Waals surface area contributed by atoms with Gasteiger partial charge in [-0.3, -0.25) is 29.4 Å². The van der Waals surface area contributed by atoms with Crippen LogP contribution in [0.2, 0.25) is 0 Å². The summed E-state index contributed by atoms with van der Waals surface area (Å²) >= 11 is 0. The molecule has 4 fully saturated rings. The molecule has 17 heteroatoms. The lowest BCUT2D eigenvalue weighted by Gasteiger charge is -2.39. The lowest BCUT2D eigenvalue weighted by atomic mass is 9.83. The zero-order chi connectivity index (χ0) is 45.6. The second-order valence-electron chi connectivity index (χ2n) is 17.9. The Morgan fingerprint density at radius 3 is 2.32 bits per heavy atom. The molecular weight excluding hydrogens is 852 g/mol. The molecule has 66 heavy (non-hydrogen) atoms. The van der Waals surface area contributed by atoms with Crippen LogP contribution < -0.4 is 20.6 Å². The largest absolute Gasteiger partial charge is 0.421 e. The number of aliphatic hydroxyl groups is 1. The van der Waals surface area contributed by atoms with Gasteiger partial charge >= 0.3 is 6.18 Å². The zero-order valence-electron chi connectivity index (χ0n) is 36.2. The SMILES string of the molecule is O=C1CCC(N2Cc3cc(C4(O)CCN(Cc5ccc(N6CCC(c7ccc(Nc8ncc(C(F)(F)F)c(N9OCC[C@H]9c9ccccc9)n8)nc7)CC6)cc5)CC4)ccc3C2=O)C(=O)N1. The Hall–Kier alpha value is -6.43. The lowest BCUT2D eigenvalue weighted by Crippen LogP contribution is -2.52. The number of hydrogen-bond acceptors (Lipinski definition) is 12. The third-order valence-electron chi connectivity index (χ3n) is 13.8. The maximum Gasteiger partial charge on any atom is 0.421 e. The van der Waals surface area contributed by atoms with E-state index < -0.39 is 35.3 Å². The van der Waals surface area contributed by atoms with Crippen molar-refractivity contribution in [1.82, 2.24) is 30.1 Å². The fourth-order valence-corrected chi connectivity index (χ4v) is 10.1. The Morgan fingerprint density at radius 2 is 1.61 bits per heavy atom. The number of likely N-dealkylation sites (tertiary alicyclic amines) is 1. The molecule has 0 bridgehead atoms. The van der Waals surface area contributed by atoms with Gasteiger partial charge in [-0.1, -0.05) is 60.7 Å². The zero-order valence-corrected chi connectivity index (χ0v) is 36.2. The van der Waals surface area contributed by atoms with Crippen LogP contribution in [0, 0.1) is 0 Å². The number of piperidine rings is 3. The van der Waals surface area contributed by atoms with Crippen molar-refractivity contribution in [2.24, 2.45) is 0 Å². The highest BCUT2D eigenvalue weighted by atomic mass is 19.4. The summed E-state index contributed by atoms with van der Waals surface area (Å²) in [4.78, 5) is 62.2. The van der Waals surface area contributed by atoms with Gasteiger partial charge in [-0.2, -0.15) is 18.2 Å². The standard InChI is InChI=1S/C49H50F3N9O5/c50-49(51,52)39-28-54-47(57-44(39)61-40(18-25-66-61)33-4-2-1-3-5-33)55-42-14-8-34(27-53-42)32-16-21-59(22-17-32)37-10-6-31(7-11-37)29-58-23-19-48(65,20-24-58)36-9-12-38-35(26-36)30-60(46(38)64)41-13-15-43(62)56-45(41)63/h1-12,14,26-28,32,40-41,65H,13,15-25,29-30H2,(H,56,62,63)(H,53,54,55,57)/t40-,41?/m0/s1. The Morgan fingerprint density at radius 1 is 0.833 bits per heavy atom. The number of rotatable bonds is 10. The van der Waals surface area contributed by atoms with Crippen molar-refractivity contribution in [1.29, 1.82) is 0 Å². The van der Waals surface area contributed by atoms with Crippen LogP contribution in [0.25, 0.3) is 0 Å². The van der Waals surface area contributed by atoms with Crippen molar-refractivity contribution in [2.75, 3.05) is 48.1 Å². The van der Waals surface area contributed by atoms with E-state index in [-0.39, 0.29) is 43.2 Å². The minimum Gasteiger partial charge on any atom is -0.385 e. The second kappa shape index (κ2) is 17.8. The molecule has 14 nitrogen and oxygen atoms in total. The molecule has 5 aliphatic rings. The van der Waals surface area contributed by atoms with Crippen LogP contribution in [-0.2, 0) is 39.3 Å². The molecule has 10 rings (SSSR count). The fraction of sp³-hybridized carbons (Fsp3) is 0.388. The minimum atomic E-state index is -4.68. The maximum atomic E-state index is 14.1. The molecule has 5 aliphatic heterocycles. The smallest absolute Gasteiger partial charge is 0.385 e. The molecule has 3 aromatic carbocycles. The van der Waals surface area contributed by atoms with E-state index in [1.807, 2.05) is 54.7 Å². The molecular formula is C49H50F3N9O5. The summed E-state index contributed by atoms with van der Waals surface area (Å²) in [5, 5.41) is 18.3. The number of fused-ring (bicyclic) bond motifs is 1. The predicted molar refractivity (Wildman–Crippen MR) is 238 cm³/mol. The van der Waals surface area contributed by atoms with Gasteiger partial charge in [-0.05, 0) is 90.1 Å². The van der Waals surface area contributed by atoms with Crippen LogP contribution in [0.3, 0.4) is 0 Å². The van der Waals surface area contributed by atoms with E-state index in [0.29, 0.717) is 56.1 Å². The van der Waals surface area contributed by atoms with E-state index in [1.165, 1.54) is 21.2 Å². The average molecular weight is 902 g/mol. The number of nitrogens with one attached hydrogen (secondary N) is 2. The Kier molecular flexibility index (Phi) is 11.7. The number of halogens is 3. The van der Waals surface area contributed by atoms with Crippen LogP contribution in [0.1, 0.15) is 101 Å². The van der Waals surface area contributed by atoms with Crippen LogP contribution in [0.15, 0.2) is 97.3 Å². The van der Waals surface area contributed by atoms with E-state index >= 15 is 0 Å². The van der Waals surface area contributed by atoms with Crippen molar-refractivity contribution >= 4 is 41.0 Å². The highest BCUT2D eigenvalue weighted by molar-refractivity contribution is 6.05. The molecule has 3 amide bonds. The van der Waals surface area contributed by atoms with Gasteiger partial charge in [-0.25, -0.2) is 15.0 Å². The number of hydrogen-bond donors (Lipinski definition) is 3. The van der Waals surface area contributed by atoms with E-state index in [2.05, 4.69) is 59.7 Å². The molecule has 0 saturated carbocycles. The molecule has 2 atom stereocenters. The molecule has 0 aliphatic carbocycles. The predicted octanol–water partition coefficient (Wildman–Crippen LogP) is 7.15. The van der Waals surface area contributed by atoms with E-state index in [9.17, 15) is 32.7 Å². The first-order chi connectivity index (χ1) is 31.9. The number of carbonyl (C=O) groups excluding carboxylic acids is 3. The molecule has 7 heterocycles. The third kappa shape index (κ3) is 8.81. The van der Waals surface area contributed by atoms with E-state index in [0.717, 1.165) is 60.9 Å². The normalized spacial score (nSPS) is 21.6. The summed E-state index contributed by atoms with van der Waals surface area (Å²) in [7, 11) is 0. The van der Waals surface area contributed by atoms with Crippen molar-refractivity contribution in [2.45, 2.75) is 87.8 Å². The van der Waals surface area contributed by atoms with Gasteiger partial charge in [0.2, 0.25) is 17.8 Å². The van der Waals surface area contributed by atoms with E-state index in [1.54, 1.807) is 12.1 Å². The lowest BCUT2D eigenvalue weighted by molar-refractivity contribution is -0.138. The van der Waals surface area contributed by atoms with Gasteiger partial charge in [0.25, 0.3) is 5.91 Å². The summed E-state index contributed by atoms with van der Waals surface area (Å²) < 4.78 is 42.4. The number of alkyl halides is 3. The summed E-state index contributed by atoms with van der Waals surface area (Å²) in [6, 6.07) is 26.2. The van der Waals surface area contributed by atoms with Crippen LogP contribution in [0.4, 0.5) is 36.4 Å². The quantitative estimate of drug-likeness (QED) is 0.122. The average Bonchev–Trinajstić information content (AvgIpc) is 3.95. The van der Waals surface area contributed by atoms with Gasteiger partial charge in [0.1, 0.15) is 17.4 Å². The third-order valence-corrected chi connectivity index (χ3v) is 13.8. The highest BCUT2D eigenvalue weighted by Gasteiger charge is 2.42. The molecule has 2 aromatic heterocycles. The van der Waals surface area contributed by atoms with E-state index in [4.69, 9.17) is 4.84 Å². The first-order valence-corrected chi connectivity index (χ1v) is 22.6. The van der Waals surface area contributed by atoms with Crippen LogP contribution in [0.5, 0.6) is 0 Å². The minimum absolute atomic E-state index is 0.0157. The molecule has 3 N–H and O–H groups in total.